The first-order valence-electron chi connectivity index (χ1n) is 20.6. The van der Waals surface area contributed by atoms with Crippen molar-refractivity contribution in [3.8, 4) is 33.4 Å². The molecule has 0 saturated carbocycles. The molecule has 0 aliphatic heterocycles. The third-order valence-corrected chi connectivity index (χ3v) is 12.2. The van der Waals surface area contributed by atoms with Crippen LogP contribution in [0.15, 0.2) is 229 Å². The van der Waals surface area contributed by atoms with Gasteiger partial charge in [-0.15, -0.1) is 0 Å². The maximum atomic E-state index is 6.33. The number of para-hydroxylation sites is 1. The van der Waals surface area contributed by atoms with E-state index < -0.39 is 0 Å². The van der Waals surface area contributed by atoms with Crippen LogP contribution in [-0.4, -0.2) is 0 Å². The third kappa shape index (κ3) is 5.50. The molecule has 2 heteroatoms. The van der Waals surface area contributed by atoms with E-state index in [2.05, 4.69) is 217 Å². The Labute approximate surface area is 347 Å². The Kier molecular flexibility index (Phi) is 7.89. The summed E-state index contributed by atoms with van der Waals surface area (Å²) in [5, 5.41) is 12.2. The molecule has 0 aliphatic carbocycles. The molecule has 2 nitrogen and oxygen atoms in total. The van der Waals surface area contributed by atoms with Gasteiger partial charge in [-0.05, 0) is 125 Å². The Bertz CT molecular complexity index is 3590. The van der Waals surface area contributed by atoms with Crippen molar-refractivity contribution >= 4 is 82.1 Å². The van der Waals surface area contributed by atoms with Gasteiger partial charge < -0.3 is 9.32 Å². The van der Waals surface area contributed by atoms with Crippen LogP contribution in [0.1, 0.15) is 0 Å². The third-order valence-electron chi connectivity index (χ3n) is 12.2. The zero-order valence-electron chi connectivity index (χ0n) is 32.7. The van der Waals surface area contributed by atoms with Crippen LogP contribution >= 0.6 is 0 Å². The highest BCUT2D eigenvalue weighted by molar-refractivity contribution is 6.22. The van der Waals surface area contributed by atoms with Gasteiger partial charge in [0.1, 0.15) is 11.2 Å². The summed E-state index contributed by atoms with van der Waals surface area (Å²) in [6, 6.07) is 81.4. The number of nitrogens with zero attached hydrogens (tertiary/aromatic N) is 1. The van der Waals surface area contributed by atoms with Crippen LogP contribution in [0.4, 0.5) is 17.1 Å². The summed E-state index contributed by atoms with van der Waals surface area (Å²) in [4.78, 5) is 2.40. The highest BCUT2D eigenvalue weighted by atomic mass is 16.3. The number of hydrogen-bond acceptors (Lipinski definition) is 2. The van der Waals surface area contributed by atoms with Crippen LogP contribution in [0.2, 0.25) is 0 Å². The lowest BCUT2D eigenvalue weighted by Gasteiger charge is -2.27. The molecule has 0 aliphatic rings. The monoisotopic (exact) mass is 763 g/mol. The van der Waals surface area contributed by atoms with Crippen LogP contribution < -0.4 is 4.90 Å². The quantitative estimate of drug-likeness (QED) is 0.157. The molecule has 0 amide bonds. The average Bonchev–Trinajstić information content (AvgIpc) is 3.70. The molecule has 0 bridgehead atoms. The Hall–Kier alpha value is -7.94. The van der Waals surface area contributed by atoms with E-state index in [0.717, 1.165) is 39.0 Å². The fraction of sp³-hybridized carbons (Fsp3) is 0. The topological polar surface area (TPSA) is 16.4 Å². The molecule has 60 heavy (non-hydrogen) atoms. The highest BCUT2D eigenvalue weighted by Crippen LogP contribution is 2.47. The number of anilines is 3. The van der Waals surface area contributed by atoms with E-state index in [1.807, 2.05) is 12.1 Å². The molecule has 1 aromatic heterocycles. The summed E-state index contributed by atoms with van der Waals surface area (Å²) in [5.41, 5.74) is 12.2. The van der Waals surface area contributed by atoms with Gasteiger partial charge in [-0.2, -0.15) is 0 Å². The molecule has 12 rings (SSSR count). The van der Waals surface area contributed by atoms with E-state index in [1.54, 1.807) is 0 Å². The van der Waals surface area contributed by atoms with Crippen LogP contribution in [-0.2, 0) is 0 Å². The van der Waals surface area contributed by atoms with E-state index in [9.17, 15) is 0 Å². The number of fused-ring (bicyclic) bond motifs is 9. The maximum Gasteiger partial charge on any atom is 0.135 e. The molecule has 12 aromatic rings. The maximum absolute atomic E-state index is 6.33. The van der Waals surface area contributed by atoms with Crippen molar-refractivity contribution in [3.63, 3.8) is 0 Å². The molecule has 0 radical (unpaired) electrons. The Morgan fingerprint density at radius 2 is 0.783 bits per heavy atom. The molecule has 11 aromatic carbocycles. The zero-order chi connectivity index (χ0) is 39.6. The van der Waals surface area contributed by atoms with Gasteiger partial charge in [0, 0.05) is 27.8 Å². The first-order chi connectivity index (χ1) is 29.8. The van der Waals surface area contributed by atoms with Gasteiger partial charge in [0.15, 0.2) is 0 Å². The van der Waals surface area contributed by atoms with Crippen LogP contribution in [0.25, 0.3) is 98.4 Å². The fourth-order valence-corrected chi connectivity index (χ4v) is 9.51. The SMILES string of the molecule is c1ccc(-c2c(-c3ccccc3)c3cc(N(c4ccc(-c5cccc6c5ccc5ccccc56)cc4)c4ccc5oc6ccccc6c5c4)ccc3c3ccccc23)cc1. The van der Waals surface area contributed by atoms with Crippen molar-refractivity contribution in [3.05, 3.63) is 224 Å². The van der Waals surface area contributed by atoms with Gasteiger partial charge in [0.25, 0.3) is 0 Å². The van der Waals surface area contributed by atoms with Crippen LogP contribution in [0, 0.1) is 0 Å². The minimum Gasteiger partial charge on any atom is -0.456 e. The first kappa shape index (κ1) is 34.1. The van der Waals surface area contributed by atoms with Crippen LogP contribution in [0.3, 0.4) is 0 Å². The number of furan rings is 1. The van der Waals surface area contributed by atoms with E-state index in [-0.39, 0.29) is 0 Å². The summed E-state index contributed by atoms with van der Waals surface area (Å²) in [6.07, 6.45) is 0. The largest absolute Gasteiger partial charge is 0.456 e. The second kappa shape index (κ2) is 13.9. The number of rotatable bonds is 6. The molecule has 0 atom stereocenters. The molecule has 0 N–H and O–H groups in total. The summed E-state index contributed by atoms with van der Waals surface area (Å²) in [7, 11) is 0. The van der Waals surface area contributed by atoms with Crippen molar-refractivity contribution in [2.24, 2.45) is 0 Å². The summed E-state index contributed by atoms with van der Waals surface area (Å²) in [6.45, 7) is 0. The van der Waals surface area contributed by atoms with Gasteiger partial charge in [0.05, 0.1) is 0 Å². The average molecular weight is 764 g/mol. The van der Waals surface area contributed by atoms with Crippen molar-refractivity contribution < 1.29 is 4.42 Å². The molecule has 0 spiro atoms. The Balaban J connectivity index is 1.10. The van der Waals surface area contributed by atoms with Crippen molar-refractivity contribution in [1.82, 2.24) is 0 Å². The van der Waals surface area contributed by atoms with Gasteiger partial charge >= 0.3 is 0 Å². The number of benzene rings is 11. The first-order valence-corrected chi connectivity index (χ1v) is 20.6. The van der Waals surface area contributed by atoms with Gasteiger partial charge in [0.2, 0.25) is 0 Å². The standard InChI is InChI=1S/C58H37NO/c1-3-15-40(16-4-1)57-52-22-10-9-20-48(52)50-34-31-43(37-54(50)58(57)41-17-5-2-6-18-41)59(44-32-35-56-53(36-44)51-21-11-12-25-55(51)60-56)42-29-26-39(27-30-42)46-23-13-24-47-45-19-8-7-14-38(45)28-33-49(46)47/h1-37H. The summed E-state index contributed by atoms with van der Waals surface area (Å²) < 4.78 is 6.33. The van der Waals surface area contributed by atoms with E-state index >= 15 is 0 Å². The van der Waals surface area contributed by atoms with Crippen molar-refractivity contribution in [2.45, 2.75) is 0 Å². The Morgan fingerprint density at radius 3 is 1.55 bits per heavy atom. The van der Waals surface area contributed by atoms with Gasteiger partial charge in [-0.3, -0.25) is 0 Å². The van der Waals surface area contributed by atoms with E-state index in [4.69, 9.17) is 4.42 Å². The predicted octanol–water partition coefficient (Wildman–Crippen LogP) is 16.7. The second-order valence-corrected chi connectivity index (χ2v) is 15.6. The molecule has 0 saturated heterocycles. The van der Waals surface area contributed by atoms with Gasteiger partial charge in [-0.1, -0.05) is 176 Å². The van der Waals surface area contributed by atoms with Gasteiger partial charge in [-0.25, -0.2) is 0 Å². The van der Waals surface area contributed by atoms with E-state index in [0.29, 0.717) is 0 Å². The van der Waals surface area contributed by atoms with E-state index in [1.165, 1.54) is 76.5 Å². The smallest absolute Gasteiger partial charge is 0.135 e. The fourth-order valence-electron chi connectivity index (χ4n) is 9.51. The van der Waals surface area contributed by atoms with Crippen LogP contribution in [0.5, 0.6) is 0 Å². The number of hydrogen-bond donors (Lipinski definition) is 0. The Morgan fingerprint density at radius 1 is 0.267 bits per heavy atom. The molecular weight excluding hydrogens is 727 g/mol. The highest BCUT2D eigenvalue weighted by Gasteiger charge is 2.21. The zero-order valence-corrected chi connectivity index (χ0v) is 32.7. The molecule has 280 valence electrons. The summed E-state index contributed by atoms with van der Waals surface area (Å²) >= 11 is 0. The minimum atomic E-state index is 0.877. The molecule has 0 unspecified atom stereocenters. The van der Waals surface area contributed by atoms with Crippen molar-refractivity contribution in [2.75, 3.05) is 4.90 Å². The normalized spacial score (nSPS) is 11.7. The molecular formula is C58H37NO. The second-order valence-electron chi connectivity index (χ2n) is 15.6. The van der Waals surface area contributed by atoms with Crippen molar-refractivity contribution in [1.29, 1.82) is 0 Å². The molecule has 1 heterocycles. The lowest BCUT2D eigenvalue weighted by Crippen LogP contribution is -2.10. The predicted molar refractivity (Wildman–Crippen MR) is 255 cm³/mol. The lowest BCUT2D eigenvalue weighted by atomic mass is 9.85. The lowest BCUT2D eigenvalue weighted by molar-refractivity contribution is 0.669. The minimum absolute atomic E-state index is 0.877. The summed E-state index contributed by atoms with van der Waals surface area (Å²) in [5.74, 6) is 0. The molecule has 0 fully saturated rings.